The standard InChI is InChI=1S/C13H16N2O3S2/c1-18-9-6-8(7-9)15-10-4-3-5-11(20(2,16)17)12(10)14-13(15)19/h3-5,8-9H,6-7H2,1-2H3,(H,14,19). The summed E-state index contributed by atoms with van der Waals surface area (Å²) in [7, 11) is -1.57. The van der Waals surface area contributed by atoms with Crippen molar-refractivity contribution in [3.63, 3.8) is 0 Å². The Morgan fingerprint density at radius 3 is 2.70 bits per heavy atom. The number of methoxy groups -OCH3 is 1. The van der Waals surface area contributed by atoms with Crippen molar-refractivity contribution >= 4 is 33.1 Å². The highest BCUT2D eigenvalue weighted by Gasteiger charge is 2.32. The number of benzene rings is 1. The predicted octanol–water partition coefficient (Wildman–Crippen LogP) is 2.45. The molecule has 0 spiro atoms. The van der Waals surface area contributed by atoms with E-state index in [9.17, 15) is 8.42 Å². The van der Waals surface area contributed by atoms with Gasteiger partial charge in [-0.1, -0.05) is 6.07 Å². The Morgan fingerprint density at radius 1 is 1.40 bits per heavy atom. The van der Waals surface area contributed by atoms with Gasteiger partial charge in [0.2, 0.25) is 0 Å². The molecule has 108 valence electrons. The summed E-state index contributed by atoms with van der Waals surface area (Å²) in [5.74, 6) is 0. The SMILES string of the molecule is COC1CC(n2c(=S)[nH]c3c(S(C)(=O)=O)cccc32)C1. The van der Waals surface area contributed by atoms with Crippen molar-refractivity contribution in [3.8, 4) is 0 Å². The first kappa shape index (κ1) is 13.8. The van der Waals surface area contributed by atoms with Crippen LogP contribution in [0.3, 0.4) is 0 Å². The van der Waals surface area contributed by atoms with Gasteiger partial charge in [0.15, 0.2) is 14.6 Å². The van der Waals surface area contributed by atoms with E-state index in [-0.39, 0.29) is 12.1 Å². The number of nitrogens with one attached hydrogen (secondary N) is 1. The van der Waals surface area contributed by atoms with Crippen LogP contribution >= 0.6 is 12.2 Å². The maximum absolute atomic E-state index is 11.8. The van der Waals surface area contributed by atoms with Crippen molar-refractivity contribution in [2.45, 2.75) is 29.9 Å². The molecule has 1 aromatic carbocycles. The Bertz CT molecular complexity index is 814. The highest BCUT2D eigenvalue weighted by molar-refractivity contribution is 7.91. The summed E-state index contributed by atoms with van der Waals surface area (Å²) < 4.78 is 31.5. The lowest BCUT2D eigenvalue weighted by Crippen LogP contribution is -2.32. The lowest BCUT2D eigenvalue weighted by molar-refractivity contribution is 0.00697. The normalized spacial score (nSPS) is 22.9. The molecule has 3 rings (SSSR count). The number of fused-ring (bicyclic) bond motifs is 1. The zero-order valence-electron chi connectivity index (χ0n) is 11.3. The summed E-state index contributed by atoms with van der Waals surface area (Å²) in [6.07, 6.45) is 3.28. The summed E-state index contributed by atoms with van der Waals surface area (Å²) in [5.41, 5.74) is 1.44. The van der Waals surface area contributed by atoms with Gasteiger partial charge in [-0.3, -0.25) is 0 Å². The fourth-order valence-electron chi connectivity index (χ4n) is 2.74. The number of nitrogens with zero attached hydrogens (tertiary/aromatic N) is 1. The van der Waals surface area contributed by atoms with E-state index in [0.717, 1.165) is 18.4 Å². The molecule has 2 aromatic rings. The molecule has 1 saturated carbocycles. The van der Waals surface area contributed by atoms with E-state index in [0.29, 0.717) is 15.2 Å². The zero-order chi connectivity index (χ0) is 14.5. The maximum atomic E-state index is 11.8. The highest BCUT2D eigenvalue weighted by Crippen LogP contribution is 2.37. The Kier molecular flexibility index (Phi) is 3.23. The van der Waals surface area contributed by atoms with Gasteiger partial charge in [-0.05, 0) is 37.2 Å². The Balaban J connectivity index is 2.16. The summed E-state index contributed by atoms with van der Waals surface area (Å²) >= 11 is 5.36. The quantitative estimate of drug-likeness (QED) is 0.884. The van der Waals surface area contributed by atoms with Gasteiger partial charge in [0.1, 0.15) is 0 Å². The number of para-hydroxylation sites is 1. The van der Waals surface area contributed by atoms with Crippen molar-refractivity contribution in [2.75, 3.05) is 13.4 Å². The minimum atomic E-state index is -3.28. The van der Waals surface area contributed by atoms with E-state index < -0.39 is 9.84 Å². The van der Waals surface area contributed by atoms with Crippen molar-refractivity contribution in [1.82, 2.24) is 9.55 Å². The summed E-state index contributed by atoms with van der Waals surface area (Å²) in [6, 6.07) is 5.53. The molecular weight excluding hydrogens is 296 g/mol. The predicted molar refractivity (Wildman–Crippen MR) is 79.3 cm³/mol. The first-order valence-corrected chi connectivity index (χ1v) is 8.68. The van der Waals surface area contributed by atoms with Crippen molar-refractivity contribution in [2.24, 2.45) is 0 Å². The van der Waals surface area contributed by atoms with Gasteiger partial charge in [-0.15, -0.1) is 0 Å². The minimum Gasteiger partial charge on any atom is -0.381 e. The molecule has 0 atom stereocenters. The van der Waals surface area contributed by atoms with E-state index >= 15 is 0 Å². The average Bonchev–Trinajstić information content (AvgIpc) is 2.63. The summed E-state index contributed by atoms with van der Waals surface area (Å²) in [4.78, 5) is 3.34. The van der Waals surface area contributed by atoms with Crippen molar-refractivity contribution in [3.05, 3.63) is 23.0 Å². The van der Waals surface area contributed by atoms with E-state index in [1.165, 1.54) is 6.26 Å². The van der Waals surface area contributed by atoms with Crippen LogP contribution in [-0.4, -0.2) is 37.4 Å². The van der Waals surface area contributed by atoms with E-state index in [4.69, 9.17) is 17.0 Å². The third-order valence-corrected chi connectivity index (χ3v) is 5.32. The number of sulfone groups is 1. The molecule has 0 saturated heterocycles. The van der Waals surface area contributed by atoms with Crippen molar-refractivity contribution < 1.29 is 13.2 Å². The number of ether oxygens (including phenoxy) is 1. The van der Waals surface area contributed by atoms with Gasteiger partial charge in [0.05, 0.1) is 22.0 Å². The first-order valence-electron chi connectivity index (χ1n) is 6.38. The van der Waals surface area contributed by atoms with Crippen LogP contribution < -0.4 is 0 Å². The second-order valence-electron chi connectivity index (χ2n) is 5.21. The lowest BCUT2D eigenvalue weighted by atomic mass is 9.89. The number of hydrogen-bond acceptors (Lipinski definition) is 4. The zero-order valence-corrected chi connectivity index (χ0v) is 12.9. The molecule has 0 amide bonds. The molecule has 1 fully saturated rings. The number of aromatic nitrogens is 2. The number of hydrogen-bond donors (Lipinski definition) is 1. The van der Waals surface area contributed by atoms with Crippen LogP contribution in [0.2, 0.25) is 0 Å². The monoisotopic (exact) mass is 312 g/mol. The molecule has 5 nitrogen and oxygen atoms in total. The van der Waals surface area contributed by atoms with Crippen LogP contribution in [-0.2, 0) is 14.6 Å². The van der Waals surface area contributed by atoms with Gasteiger partial charge >= 0.3 is 0 Å². The number of rotatable bonds is 3. The van der Waals surface area contributed by atoms with Crippen LogP contribution in [0.15, 0.2) is 23.1 Å². The fraction of sp³-hybridized carbons (Fsp3) is 0.462. The molecular formula is C13H16N2O3S2. The average molecular weight is 312 g/mol. The van der Waals surface area contributed by atoms with Crippen LogP contribution in [0.5, 0.6) is 0 Å². The van der Waals surface area contributed by atoms with Gasteiger partial charge in [0.25, 0.3) is 0 Å². The molecule has 0 radical (unpaired) electrons. The Labute approximate surface area is 122 Å². The molecule has 0 unspecified atom stereocenters. The molecule has 1 aliphatic rings. The topological polar surface area (TPSA) is 64.1 Å². The summed E-state index contributed by atoms with van der Waals surface area (Å²) in [5, 5.41) is 0. The van der Waals surface area contributed by atoms with Gasteiger partial charge in [0, 0.05) is 19.4 Å². The van der Waals surface area contributed by atoms with E-state index in [1.807, 2.05) is 10.6 Å². The molecule has 1 aliphatic carbocycles. The number of aromatic amines is 1. The molecule has 7 heteroatoms. The van der Waals surface area contributed by atoms with Crippen LogP contribution in [0.25, 0.3) is 11.0 Å². The molecule has 1 N–H and O–H groups in total. The maximum Gasteiger partial charge on any atom is 0.178 e. The van der Waals surface area contributed by atoms with Gasteiger partial charge < -0.3 is 14.3 Å². The second-order valence-corrected chi connectivity index (χ2v) is 7.58. The smallest absolute Gasteiger partial charge is 0.178 e. The number of imidazole rings is 1. The minimum absolute atomic E-state index is 0.268. The molecule has 1 heterocycles. The molecule has 1 aromatic heterocycles. The fourth-order valence-corrected chi connectivity index (χ4v) is 3.94. The molecule has 20 heavy (non-hydrogen) atoms. The Morgan fingerprint density at radius 2 is 2.10 bits per heavy atom. The van der Waals surface area contributed by atoms with Gasteiger partial charge in [-0.2, -0.15) is 0 Å². The third-order valence-electron chi connectivity index (χ3n) is 3.88. The molecule has 0 aliphatic heterocycles. The van der Waals surface area contributed by atoms with Gasteiger partial charge in [-0.25, -0.2) is 8.42 Å². The van der Waals surface area contributed by atoms with Crippen LogP contribution in [0.1, 0.15) is 18.9 Å². The number of H-pyrrole nitrogens is 1. The lowest BCUT2D eigenvalue weighted by Gasteiger charge is -2.35. The second kappa shape index (κ2) is 4.68. The van der Waals surface area contributed by atoms with Crippen LogP contribution in [0.4, 0.5) is 0 Å². The van der Waals surface area contributed by atoms with Crippen LogP contribution in [0, 0.1) is 4.77 Å². The third kappa shape index (κ3) is 2.10. The van der Waals surface area contributed by atoms with E-state index in [2.05, 4.69) is 4.98 Å². The Hall–Kier alpha value is -1.18. The summed E-state index contributed by atoms with van der Waals surface area (Å²) in [6.45, 7) is 0. The highest BCUT2D eigenvalue weighted by atomic mass is 32.2. The van der Waals surface area contributed by atoms with Crippen molar-refractivity contribution in [1.29, 1.82) is 0 Å². The largest absolute Gasteiger partial charge is 0.381 e. The van der Waals surface area contributed by atoms with E-state index in [1.54, 1.807) is 19.2 Å². The molecule has 0 bridgehead atoms. The first-order chi connectivity index (χ1) is 9.41.